The lowest BCUT2D eigenvalue weighted by atomic mass is 9.66. The average molecular weight is 1100 g/mol. The summed E-state index contributed by atoms with van der Waals surface area (Å²) in [4.78, 5) is 2.41. The van der Waals surface area contributed by atoms with E-state index in [0.717, 1.165) is 42.0 Å². The number of aromatic nitrogens is 1. The van der Waals surface area contributed by atoms with Crippen molar-refractivity contribution >= 4 is 60.8 Å². The Balaban J connectivity index is 0.759. The first-order valence-electron chi connectivity index (χ1n) is 30.4. The normalized spacial score (nSPS) is 14.5. The highest BCUT2D eigenvalue weighted by molar-refractivity contribution is 6.09. The van der Waals surface area contributed by atoms with E-state index in [9.17, 15) is 0 Å². The second kappa shape index (κ2) is 22.6. The van der Waals surface area contributed by atoms with Crippen LogP contribution < -0.4 is 4.90 Å². The maximum Gasteiger partial charge on any atom is 0.0710 e. The first kappa shape index (κ1) is 52.3. The van der Waals surface area contributed by atoms with Gasteiger partial charge < -0.3 is 9.47 Å². The molecule has 0 N–H and O–H groups in total. The third-order valence-electron chi connectivity index (χ3n) is 18.0. The van der Waals surface area contributed by atoms with E-state index in [-0.39, 0.29) is 5.92 Å². The van der Waals surface area contributed by atoms with Gasteiger partial charge in [0, 0.05) is 39.4 Å². The van der Waals surface area contributed by atoms with Crippen LogP contribution in [-0.4, -0.2) is 4.57 Å². The van der Waals surface area contributed by atoms with E-state index in [1.54, 1.807) is 0 Å². The minimum atomic E-state index is -0.458. The Morgan fingerprint density at radius 2 is 1.01 bits per heavy atom. The molecule has 410 valence electrons. The number of hydrogen-bond acceptors (Lipinski definition) is 1. The van der Waals surface area contributed by atoms with E-state index in [4.69, 9.17) is 0 Å². The second-order valence-electron chi connectivity index (χ2n) is 23.0. The van der Waals surface area contributed by atoms with E-state index in [2.05, 4.69) is 344 Å². The molecule has 86 heavy (non-hydrogen) atoms. The van der Waals surface area contributed by atoms with Crippen LogP contribution in [0.15, 0.2) is 333 Å². The standard InChI is InChI=1S/C84H64N2/c1-2-3-33-81-79(76-30-12-15-34-80(76)84(81,70-25-6-4-7-26-70)71-27-8-5-9-28-71)55-59-37-49-72(50-38-59)85(74-53-47-64(48-54-74)66-22-18-23-67(56-66)69-44-43-60-20-10-11-21-65(60)57-69)73-51-45-62(46-52-73)61-39-41-63(42-40-61)68-24-19-29-75(58-68)86-82-35-16-13-31-77(82)78-32-14-17-36-83(78)86/h3-54,57-58,66H,2,55-56H2,1H3/b33-3-. The van der Waals surface area contributed by atoms with Gasteiger partial charge in [-0.1, -0.05) is 268 Å². The molecular weight excluding hydrogens is 1040 g/mol. The van der Waals surface area contributed by atoms with Crippen LogP contribution in [0.4, 0.5) is 17.1 Å². The summed E-state index contributed by atoms with van der Waals surface area (Å²) < 4.78 is 2.39. The van der Waals surface area contributed by atoms with E-state index in [1.807, 2.05) is 0 Å². The van der Waals surface area contributed by atoms with Gasteiger partial charge in [-0.15, -0.1) is 0 Å². The zero-order chi connectivity index (χ0) is 57.4. The third kappa shape index (κ3) is 9.41. The lowest BCUT2D eigenvalue weighted by molar-refractivity contribution is 0.760. The largest absolute Gasteiger partial charge is 0.311 e. The molecule has 0 aliphatic heterocycles. The molecule has 0 amide bonds. The van der Waals surface area contributed by atoms with Crippen molar-refractivity contribution in [1.29, 1.82) is 0 Å². The number of para-hydroxylation sites is 2. The molecule has 15 rings (SSSR count). The van der Waals surface area contributed by atoms with Gasteiger partial charge >= 0.3 is 0 Å². The van der Waals surface area contributed by atoms with Gasteiger partial charge in [-0.25, -0.2) is 0 Å². The fourth-order valence-corrected chi connectivity index (χ4v) is 13.9. The topological polar surface area (TPSA) is 8.17 Å². The molecule has 13 aromatic rings. The van der Waals surface area contributed by atoms with Crippen LogP contribution in [0.3, 0.4) is 0 Å². The minimum absolute atomic E-state index is 0.271. The summed E-state index contributed by atoms with van der Waals surface area (Å²) >= 11 is 0. The van der Waals surface area contributed by atoms with Gasteiger partial charge in [0.2, 0.25) is 0 Å². The molecule has 2 nitrogen and oxygen atoms in total. The molecule has 1 aromatic heterocycles. The number of rotatable bonds is 14. The molecule has 1 unspecified atom stereocenters. The van der Waals surface area contributed by atoms with Crippen molar-refractivity contribution in [3.8, 4) is 27.9 Å². The van der Waals surface area contributed by atoms with Gasteiger partial charge in [-0.05, 0) is 175 Å². The summed E-state index contributed by atoms with van der Waals surface area (Å²) in [7, 11) is 0. The van der Waals surface area contributed by atoms with Crippen molar-refractivity contribution in [1.82, 2.24) is 4.57 Å². The molecule has 0 spiro atoms. The Morgan fingerprint density at radius 1 is 0.465 bits per heavy atom. The molecule has 2 aliphatic carbocycles. The van der Waals surface area contributed by atoms with Crippen molar-refractivity contribution in [3.05, 3.63) is 372 Å². The predicted octanol–water partition coefficient (Wildman–Crippen LogP) is 22.2. The van der Waals surface area contributed by atoms with Crippen LogP contribution in [0.2, 0.25) is 0 Å². The van der Waals surface area contributed by atoms with Crippen LogP contribution in [-0.2, 0) is 11.8 Å². The molecule has 12 aromatic carbocycles. The molecule has 1 atom stereocenters. The Morgan fingerprint density at radius 3 is 1.67 bits per heavy atom. The van der Waals surface area contributed by atoms with Gasteiger partial charge in [0.05, 0.1) is 16.4 Å². The number of benzene rings is 12. The molecule has 2 aliphatic rings. The van der Waals surface area contributed by atoms with Crippen LogP contribution >= 0.6 is 0 Å². The van der Waals surface area contributed by atoms with Gasteiger partial charge in [-0.3, -0.25) is 0 Å². The number of hydrogen-bond donors (Lipinski definition) is 0. The summed E-state index contributed by atoms with van der Waals surface area (Å²) in [6, 6.07) is 110. The quantitative estimate of drug-likeness (QED) is 0.105. The number of allylic oxidation sites excluding steroid dienone is 8. The maximum atomic E-state index is 2.42. The Labute approximate surface area is 505 Å². The van der Waals surface area contributed by atoms with Crippen molar-refractivity contribution in [2.45, 2.75) is 37.5 Å². The van der Waals surface area contributed by atoms with Crippen molar-refractivity contribution < 1.29 is 0 Å². The summed E-state index contributed by atoms with van der Waals surface area (Å²) in [6.07, 6.45) is 14.3. The molecule has 0 saturated heterocycles. The number of nitrogens with zero attached hydrogens (tertiary/aromatic N) is 2. The highest BCUT2D eigenvalue weighted by Gasteiger charge is 2.46. The highest BCUT2D eigenvalue weighted by atomic mass is 15.1. The molecule has 0 bridgehead atoms. The van der Waals surface area contributed by atoms with E-state index in [1.165, 1.54) is 110 Å². The van der Waals surface area contributed by atoms with Crippen LogP contribution in [0.1, 0.15) is 64.6 Å². The molecule has 2 heteroatoms. The average Bonchev–Trinajstić information content (AvgIpc) is 2.03. The van der Waals surface area contributed by atoms with E-state index < -0.39 is 5.41 Å². The zero-order valence-corrected chi connectivity index (χ0v) is 48.3. The van der Waals surface area contributed by atoms with Gasteiger partial charge in [0.25, 0.3) is 0 Å². The number of fused-ring (bicyclic) bond motifs is 5. The number of anilines is 3. The van der Waals surface area contributed by atoms with Crippen molar-refractivity contribution in [2.75, 3.05) is 4.90 Å². The molecule has 1 heterocycles. The highest BCUT2D eigenvalue weighted by Crippen LogP contribution is 2.56. The second-order valence-corrected chi connectivity index (χ2v) is 23.0. The SMILES string of the molecule is CC/C=C\C1=C(Cc2ccc(N(c3ccc(-c4ccc(-c5cccc(-n6c7ccccc7c7ccccc76)c5)cc4)cc3)c3ccc(C4C=CC=C(c5ccc6ccccc6c5)C4)cc3)cc2)c2ccccc2C1(c1ccccc1)c1ccccc1. The van der Waals surface area contributed by atoms with Crippen LogP contribution in [0, 0.1) is 0 Å². The first-order valence-corrected chi connectivity index (χ1v) is 30.4. The monoisotopic (exact) mass is 1100 g/mol. The smallest absolute Gasteiger partial charge is 0.0710 e. The summed E-state index contributed by atoms with van der Waals surface area (Å²) in [5.41, 5.74) is 24.3. The summed E-state index contributed by atoms with van der Waals surface area (Å²) in [5.74, 6) is 0.271. The van der Waals surface area contributed by atoms with Crippen LogP contribution in [0.5, 0.6) is 0 Å². The fourth-order valence-electron chi connectivity index (χ4n) is 13.9. The van der Waals surface area contributed by atoms with Crippen LogP contribution in [0.25, 0.3) is 71.7 Å². The van der Waals surface area contributed by atoms with Gasteiger partial charge in [0.1, 0.15) is 0 Å². The Bertz CT molecular complexity index is 4660. The molecular formula is C84H64N2. The van der Waals surface area contributed by atoms with Gasteiger partial charge in [0.15, 0.2) is 0 Å². The first-order chi connectivity index (χ1) is 42.6. The minimum Gasteiger partial charge on any atom is -0.311 e. The lowest BCUT2D eigenvalue weighted by Gasteiger charge is -2.35. The lowest BCUT2D eigenvalue weighted by Crippen LogP contribution is -2.29. The predicted molar refractivity (Wildman–Crippen MR) is 364 cm³/mol. The van der Waals surface area contributed by atoms with Crippen molar-refractivity contribution in [3.63, 3.8) is 0 Å². The summed E-state index contributed by atoms with van der Waals surface area (Å²) in [6.45, 7) is 2.23. The van der Waals surface area contributed by atoms with Gasteiger partial charge in [-0.2, -0.15) is 0 Å². The summed E-state index contributed by atoms with van der Waals surface area (Å²) in [5, 5.41) is 5.08. The molecule has 0 saturated carbocycles. The maximum absolute atomic E-state index is 2.42. The van der Waals surface area contributed by atoms with Crippen molar-refractivity contribution in [2.24, 2.45) is 0 Å². The zero-order valence-electron chi connectivity index (χ0n) is 48.3. The third-order valence-corrected chi connectivity index (χ3v) is 18.0. The fraction of sp³-hybridized carbons (Fsp3) is 0.0714. The molecule has 0 radical (unpaired) electrons. The molecule has 0 fully saturated rings. The van der Waals surface area contributed by atoms with E-state index in [0.29, 0.717) is 0 Å². The Kier molecular flexibility index (Phi) is 13.7. The van der Waals surface area contributed by atoms with E-state index >= 15 is 0 Å². The Hall–Kier alpha value is -10.5.